The van der Waals surface area contributed by atoms with Crippen LogP contribution in [0.3, 0.4) is 0 Å². The van der Waals surface area contributed by atoms with Crippen molar-refractivity contribution in [1.29, 1.82) is 0 Å². The topological polar surface area (TPSA) is 59.6 Å². The molecular formula is C17H24N2O3. The molecule has 0 radical (unpaired) electrons. The summed E-state index contributed by atoms with van der Waals surface area (Å²) >= 11 is 0. The summed E-state index contributed by atoms with van der Waals surface area (Å²) < 4.78 is 11.0. The standard InChI is InChI=1S/C17H24N2O3/c1-3-10-18-16(20)19-13-17(8-11-22-12-9-17)14-6-4-5-7-15(14)21-2/h3-7H,1,8-13H2,2H3,(H2,18,19,20). The lowest BCUT2D eigenvalue weighted by atomic mass is 9.73. The zero-order valence-electron chi connectivity index (χ0n) is 13.1. The maximum absolute atomic E-state index is 11.8. The zero-order valence-corrected chi connectivity index (χ0v) is 13.1. The molecule has 2 rings (SSSR count). The van der Waals surface area contributed by atoms with E-state index >= 15 is 0 Å². The Balaban J connectivity index is 2.17. The van der Waals surface area contributed by atoms with E-state index in [4.69, 9.17) is 9.47 Å². The van der Waals surface area contributed by atoms with Gasteiger partial charge in [0.1, 0.15) is 5.75 Å². The number of carbonyl (C=O) groups excluding carboxylic acids is 1. The highest BCUT2D eigenvalue weighted by atomic mass is 16.5. The quantitative estimate of drug-likeness (QED) is 0.792. The first kappa shape index (κ1) is 16.4. The first-order valence-electron chi connectivity index (χ1n) is 7.56. The SMILES string of the molecule is C=CCNC(=O)NCC1(c2ccccc2OC)CCOCC1. The molecule has 1 heterocycles. The summed E-state index contributed by atoms with van der Waals surface area (Å²) in [6.07, 6.45) is 3.37. The van der Waals surface area contributed by atoms with Gasteiger partial charge in [0.2, 0.25) is 0 Å². The highest BCUT2D eigenvalue weighted by Crippen LogP contribution is 2.39. The van der Waals surface area contributed by atoms with Gasteiger partial charge in [-0.15, -0.1) is 6.58 Å². The van der Waals surface area contributed by atoms with Crippen LogP contribution in [-0.2, 0) is 10.2 Å². The van der Waals surface area contributed by atoms with Crippen LogP contribution < -0.4 is 15.4 Å². The van der Waals surface area contributed by atoms with E-state index in [9.17, 15) is 4.79 Å². The lowest BCUT2D eigenvalue weighted by molar-refractivity contribution is 0.0498. The number of benzene rings is 1. The molecule has 1 aliphatic rings. The molecule has 1 saturated heterocycles. The van der Waals surface area contributed by atoms with Crippen LogP contribution in [0.2, 0.25) is 0 Å². The number of ether oxygens (including phenoxy) is 2. The molecule has 5 heteroatoms. The summed E-state index contributed by atoms with van der Waals surface area (Å²) in [4.78, 5) is 11.8. The van der Waals surface area contributed by atoms with Crippen molar-refractivity contribution in [3.8, 4) is 5.75 Å². The maximum Gasteiger partial charge on any atom is 0.315 e. The molecule has 120 valence electrons. The van der Waals surface area contributed by atoms with Gasteiger partial charge in [-0.3, -0.25) is 0 Å². The summed E-state index contributed by atoms with van der Waals surface area (Å²) in [5, 5.41) is 5.71. The second-order valence-electron chi connectivity index (χ2n) is 5.45. The van der Waals surface area contributed by atoms with E-state index in [1.807, 2.05) is 18.2 Å². The van der Waals surface area contributed by atoms with Gasteiger partial charge >= 0.3 is 6.03 Å². The van der Waals surface area contributed by atoms with Gasteiger partial charge in [-0.05, 0) is 18.9 Å². The van der Waals surface area contributed by atoms with E-state index in [0.29, 0.717) is 26.3 Å². The number of hydrogen-bond donors (Lipinski definition) is 2. The number of nitrogens with one attached hydrogen (secondary N) is 2. The van der Waals surface area contributed by atoms with Crippen LogP contribution in [0, 0.1) is 0 Å². The first-order chi connectivity index (χ1) is 10.7. The monoisotopic (exact) mass is 304 g/mol. The Kier molecular flexibility index (Phi) is 5.83. The van der Waals surface area contributed by atoms with E-state index in [1.165, 1.54) is 0 Å². The van der Waals surface area contributed by atoms with Crippen LogP contribution in [0.25, 0.3) is 0 Å². The highest BCUT2D eigenvalue weighted by Gasteiger charge is 2.37. The third-order valence-electron chi connectivity index (χ3n) is 4.12. The summed E-state index contributed by atoms with van der Waals surface area (Å²) in [7, 11) is 1.68. The van der Waals surface area contributed by atoms with Crippen molar-refractivity contribution in [3.05, 3.63) is 42.5 Å². The molecule has 2 amide bonds. The second kappa shape index (κ2) is 7.84. The number of carbonyl (C=O) groups is 1. The Morgan fingerprint density at radius 2 is 2.09 bits per heavy atom. The highest BCUT2D eigenvalue weighted by molar-refractivity contribution is 5.74. The zero-order chi connectivity index (χ0) is 15.8. The Bertz CT molecular complexity index is 510. The molecule has 0 atom stereocenters. The van der Waals surface area contributed by atoms with E-state index in [1.54, 1.807) is 13.2 Å². The molecule has 1 aliphatic heterocycles. The number of hydrogen-bond acceptors (Lipinski definition) is 3. The van der Waals surface area contributed by atoms with Crippen molar-refractivity contribution < 1.29 is 14.3 Å². The predicted octanol–water partition coefficient (Wildman–Crippen LogP) is 2.23. The number of methoxy groups -OCH3 is 1. The van der Waals surface area contributed by atoms with Crippen LogP contribution >= 0.6 is 0 Å². The minimum Gasteiger partial charge on any atom is -0.496 e. The van der Waals surface area contributed by atoms with E-state index < -0.39 is 0 Å². The average molecular weight is 304 g/mol. The largest absolute Gasteiger partial charge is 0.496 e. The summed E-state index contributed by atoms with van der Waals surface area (Å²) in [6.45, 7) is 5.98. The summed E-state index contributed by atoms with van der Waals surface area (Å²) in [5.74, 6) is 0.859. The second-order valence-corrected chi connectivity index (χ2v) is 5.45. The summed E-state index contributed by atoms with van der Waals surface area (Å²) in [5.41, 5.74) is 0.973. The van der Waals surface area contributed by atoms with Gasteiger partial charge in [0.15, 0.2) is 0 Å². The van der Waals surface area contributed by atoms with Crippen LogP contribution in [0.4, 0.5) is 4.79 Å². The lowest BCUT2D eigenvalue weighted by Gasteiger charge is -2.38. The van der Waals surface area contributed by atoms with E-state index in [0.717, 1.165) is 24.2 Å². The fraction of sp³-hybridized carbons (Fsp3) is 0.471. The van der Waals surface area contributed by atoms with Gasteiger partial charge in [-0.1, -0.05) is 24.3 Å². The van der Waals surface area contributed by atoms with Gasteiger partial charge in [0.05, 0.1) is 7.11 Å². The number of urea groups is 1. The molecule has 5 nitrogen and oxygen atoms in total. The molecule has 2 N–H and O–H groups in total. The fourth-order valence-corrected chi connectivity index (χ4v) is 2.86. The van der Waals surface area contributed by atoms with Crippen molar-refractivity contribution in [2.75, 3.05) is 33.4 Å². The van der Waals surface area contributed by atoms with Gasteiger partial charge < -0.3 is 20.1 Å². The van der Waals surface area contributed by atoms with Gasteiger partial charge in [0, 0.05) is 37.3 Å². The van der Waals surface area contributed by atoms with Crippen molar-refractivity contribution >= 4 is 6.03 Å². The minimum absolute atomic E-state index is 0.156. The van der Waals surface area contributed by atoms with Crippen molar-refractivity contribution in [2.24, 2.45) is 0 Å². The third kappa shape index (κ3) is 3.80. The first-order valence-corrected chi connectivity index (χ1v) is 7.56. The molecule has 0 spiro atoms. The third-order valence-corrected chi connectivity index (χ3v) is 4.12. The van der Waals surface area contributed by atoms with Crippen molar-refractivity contribution in [1.82, 2.24) is 10.6 Å². The smallest absolute Gasteiger partial charge is 0.315 e. The maximum atomic E-state index is 11.8. The van der Waals surface area contributed by atoms with Crippen molar-refractivity contribution in [3.63, 3.8) is 0 Å². The predicted molar refractivity (Wildman–Crippen MR) is 86.3 cm³/mol. The summed E-state index contributed by atoms with van der Waals surface area (Å²) in [6, 6.07) is 7.82. The van der Waals surface area contributed by atoms with Crippen LogP contribution in [-0.4, -0.2) is 39.4 Å². The molecule has 22 heavy (non-hydrogen) atoms. The molecular weight excluding hydrogens is 280 g/mol. The molecule has 0 aliphatic carbocycles. The fourth-order valence-electron chi connectivity index (χ4n) is 2.86. The Labute approximate surface area is 131 Å². The Morgan fingerprint density at radius 3 is 2.77 bits per heavy atom. The van der Waals surface area contributed by atoms with Gasteiger partial charge in [-0.25, -0.2) is 4.79 Å². The Morgan fingerprint density at radius 1 is 1.36 bits per heavy atom. The Hall–Kier alpha value is -2.01. The minimum atomic E-state index is -0.180. The molecule has 1 aromatic carbocycles. The number of para-hydroxylation sites is 1. The normalized spacial score (nSPS) is 16.6. The number of amides is 2. The van der Waals surface area contributed by atoms with Crippen LogP contribution in [0.1, 0.15) is 18.4 Å². The number of rotatable bonds is 6. The van der Waals surface area contributed by atoms with Crippen LogP contribution in [0.15, 0.2) is 36.9 Å². The molecule has 0 bridgehead atoms. The van der Waals surface area contributed by atoms with E-state index in [2.05, 4.69) is 23.3 Å². The molecule has 1 aromatic rings. The average Bonchev–Trinajstić information content (AvgIpc) is 2.59. The molecule has 0 unspecified atom stereocenters. The van der Waals surface area contributed by atoms with Crippen molar-refractivity contribution in [2.45, 2.75) is 18.3 Å². The van der Waals surface area contributed by atoms with E-state index in [-0.39, 0.29) is 11.4 Å². The molecule has 0 aromatic heterocycles. The molecule has 1 fully saturated rings. The van der Waals surface area contributed by atoms with Gasteiger partial charge in [-0.2, -0.15) is 0 Å². The van der Waals surface area contributed by atoms with Crippen LogP contribution in [0.5, 0.6) is 5.75 Å². The lowest BCUT2D eigenvalue weighted by Crippen LogP contribution is -2.47. The van der Waals surface area contributed by atoms with Gasteiger partial charge in [0.25, 0.3) is 0 Å². The molecule has 0 saturated carbocycles.